The Labute approximate surface area is 162 Å². The summed E-state index contributed by atoms with van der Waals surface area (Å²) in [4.78, 5) is 12.3. The molecule has 0 radical (unpaired) electrons. The topological polar surface area (TPSA) is 65.4 Å². The summed E-state index contributed by atoms with van der Waals surface area (Å²) in [6.07, 6.45) is 1.51. The number of halogens is 4. The highest BCUT2D eigenvalue weighted by molar-refractivity contribution is 6.30. The molecule has 1 heterocycles. The van der Waals surface area contributed by atoms with Gasteiger partial charge in [0.15, 0.2) is 18.2 Å². The number of anilines is 1. The molecule has 6 nitrogen and oxygen atoms in total. The molecule has 0 bridgehead atoms. The summed E-state index contributed by atoms with van der Waals surface area (Å²) < 4.78 is 49.2. The fourth-order valence-electron chi connectivity index (χ4n) is 2.21. The maximum absolute atomic E-state index is 13.2. The molecule has 10 heteroatoms. The summed E-state index contributed by atoms with van der Waals surface area (Å²) in [5.74, 6) is -1.40. The van der Waals surface area contributed by atoms with Crippen LogP contribution in [0.5, 0.6) is 11.5 Å². The van der Waals surface area contributed by atoms with Crippen LogP contribution in [0.3, 0.4) is 0 Å². The standard InChI is InChI=1S/C18H13ClF3N3O3/c19-11-1-4-13(5-2-11)27-10-25-8-7-15(24-25)17(26)23-14-6-3-12(20)9-16(14)28-18(21)22/h1-9,18H,10H2,(H,23,26). The maximum atomic E-state index is 13.2. The summed E-state index contributed by atoms with van der Waals surface area (Å²) in [5, 5.41) is 6.97. The number of alkyl halides is 2. The van der Waals surface area contributed by atoms with Crippen LogP contribution in [0.4, 0.5) is 18.9 Å². The molecule has 0 aliphatic rings. The lowest BCUT2D eigenvalue weighted by molar-refractivity contribution is -0.0495. The molecular formula is C18H13ClF3N3O3. The average Bonchev–Trinajstić information content (AvgIpc) is 3.12. The number of carbonyl (C=O) groups is 1. The molecule has 1 N–H and O–H groups in total. The molecule has 0 saturated heterocycles. The van der Waals surface area contributed by atoms with Crippen LogP contribution in [0.2, 0.25) is 5.02 Å². The van der Waals surface area contributed by atoms with Gasteiger partial charge >= 0.3 is 6.61 Å². The van der Waals surface area contributed by atoms with E-state index in [9.17, 15) is 18.0 Å². The number of aromatic nitrogens is 2. The Kier molecular flexibility index (Phi) is 6.05. The number of benzene rings is 2. The maximum Gasteiger partial charge on any atom is 0.387 e. The third kappa shape index (κ3) is 5.17. The van der Waals surface area contributed by atoms with E-state index in [2.05, 4.69) is 15.2 Å². The van der Waals surface area contributed by atoms with Gasteiger partial charge in [-0.15, -0.1) is 0 Å². The molecule has 1 amide bonds. The number of nitrogens with zero attached hydrogens (tertiary/aromatic N) is 2. The third-order valence-electron chi connectivity index (χ3n) is 3.46. The second-order valence-electron chi connectivity index (χ2n) is 5.44. The van der Waals surface area contributed by atoms with E-state index in [1.54, 1.807) is 24.3 Å². The van der Waals surface area contributed by atoms with Crippen LogP contribution >= 0.6 is 11.6 Å². The fraction of sp³-hybridized carbons (Fsp3) is 0.111. The van der Waals surface area contributed by atoms with Gasteiger partial charge in [-0.25, -0.2) is 9.07 Å². The van der Waals surface area contributed by atoms with Gasteiger partial charge in [0, 0.05) is 17.3 Å². The first kappa shape index (κ1) is 19.6. The quantitative estimate of drug-likeness (QED) is 0.618. The monoisotopic (exact) mass is 411 g/mol. The largest absolute Gasteiger partial charge is 0.471 e. The van der Waals surface area contributed by atoms with Gasteiger partial charge in [-0.05, 0) is 42.5 Å². The lowest BCUT2D eigenvalue weighted by atomic mass is 10.2. The molecule has 0 aliphatic carbocycles. The van der Waals surface area contributed by atoms with E-state index in [1.165, 1.54) is 16.9 Å². The summed E-state index contributed by atoms with van der Waals surface area (Å²) in [7, 11) is 0. The molecule has 1 aromatic heterocycles. The molecule has 146 valence electrons. The first-order chi connectivity index (χ1) is 13.4. The number of rotatable bonds is 7. The molecule has 0 spiro atoms. The van der Waals surface area contributed by atoms with Crippen molar-refractivity contribution in [1.29, 1.82) is 0 Å². The van der Waals surface area contributed by atoms with Gasteiger partial charge in [0.1, 0.15) is 11.6 Å². The van der Waals surface area contributed by atoms with Crippen molar-refractivity contribution in [3.05, 3.63) is 71.3 Å². The van der Waals surface area contributed by atoms with E-state index in [0.29, 0.717) is 10.8 Å². The van der Waals surface area contributed by atoms with Gasteiger partial charge in [0.05, 0.1) is 5.69 Å². The van der Waals surface area contributed by atoms with Crippen LogP contribution < -0.4 is 14.8 Å². The van der Waals surface area contributed by atoms with Crippen molar-refractivity contribution in [1.82, 2.24) is 9.78 Å². The minimum atomic E-state index is -3.17. The predicted molar refractivity (Wildman–Crippen MR) is 95.3 cm³/mol. The Morgan fingerprint density at radius 2 is 1.93 bits per heavy atom. The van der Waals surface area contributed by atoms with Crippen LogP contribution in [0, 0.1) is 5.82 Å². The summed E-state index contributed by atoms with van der Waals surface area (Å²) in [6, 6.07) is 11.0. The van der Waals surface area contributed by atoms with Gasteiger partial charge in [-0.2, -0.15) is 13.9 Å². The molecule has 0 atom stereocenters. The van der Waals surface area contributed by atoms with Crippen molar-refractivity contribution in [3.63, 3.8) is 0 Å². The summed E-state index contributed by atoms with van der Waals surface area (Å²) >= 11 is 5.79. The van der Waals surface area contributed by atoms with Crippen molar-refractivity contribution < 1.29 is 27.4 Å². The Bertz CT molecular complexity index is 964. The zero-order chi connectivity index (χ0) is 20.1. The third-order valence-corrected chi connectivity index (χ3v) is 3.71. The summed E-state index contributed by atoms with van der Waals surface area (Å²) in [6.45, 7) is -3.13. The van der Waals surface area contributed by atoms with Crippen LogP contribution in [-0.2, 0) is 6.73 Å². The highest BCUT2D eigenvalue weighted by atomic mass is 35.5. The number of hydrogen-bond acceptors (Lipinski definition) is 4. The number of hydrogen-bond donors (Lipinski definition) is 1. The van der Waals surface area contributed by atoms with E-state index in [-0.39, 0.29) is 18.1 Å². The number of ether oxygens (including phenoxy) is 2. The van der Waals surface area contributed by atoms with Crippen LogP contribution in [0.25, 0.3) is 0 Å². The van der Waals surface area contributed by atoms with E-state index >= 15 is 0 Å². The zero-order valence-corrected chi connectivity index (χ0v) is 14.9. The van der Waals surface area contributed by atoms with Crippen molar-refractivity contribution in [3.8, 4) is 11.5 Å². The molecule has 0 fully saturated rings. The summed E-state index contributed by atoms with van der Waals surface area (Å²) in [5.41, 5.74) is -0.106. The molecule has 28 heavy (non-hydrogen) atoms. The lowest BCUT2D eigenvalue weighted by Crippen LogP contribution is -2.15. The fourth-order valence-corrected chi connectivity index (χ4v) is 2.33. The number of amides is 1. The minimum absolute atomic E-state index is 0.00651. The van der Waals surface area contributed by atoms with Crippen molar-refractivity contribution >= 4 is 23.2 Å². The average molecular weight is 412 g/mol. The van der Waals surface area contributed by atoms with Gasteiger partial charge in [-0.1, -0.05) is 11.6 Å². The van der Waals surface area contributed by atoms with E-state index in [0.717, 1.165) is 18.2 Å². The van der Waals surface area contributed by atoms with Crippen molar-refractivity contribution in [2.45, 2.75) is 13.3 Å². The molecule has 3 rings (SSSR count). The molecule has 0 saturated carbocycles. The second-order valence-corrected chi connectivity index (χ2v) is 5.88. The molecule has 0 unspecified atom stereocenters. The van der Waals surface area contributed by atoms with Crippen LogP contribution in [0.15, 0.2) is 54.7 Å². The number of nitrogens with one attached hydrogen (secondary N) is 1. The van der Waals surface area contributed by atoms with Gasteiger partial charge < -0.3 is 14.8 Å². The second kappa shape index (κ2) is 8.66. The highest BCUT2D eigenvalue weighted by Gasteiger charge is 2.16. The molecule has 0 aliphatic heterocycles. The Morgan fingerprint density at radius 1 is 1.18 bits per heavy atom. The Balaban J connectivity index is 1.65. The van der Waals surface area contributed by atoms with E-state index in [4.69, 9.17) is 16.3 Å². The van der Waals surface area contributed by atoms with Gasteiger partial charge in [0.25, 0.3) is 5.91 Å². The first-order valence-electron chi connectivity index (χ1n) is 7.88. The zero-order valence-electron chi connectivity index (χ0n) is 14.1. The Hall–Kier alpha value is -3.20. The first-order valence-corrected chi connectivity index (χ1v) is 8.26. The van der Waals surface area contributed by atoms with Crippen molar-refractivity contribution in [2.24, 2.45) is 0 Å². The normalized spacial score (nSPS) is 10.8. The number of carbonyl (C=O) groups excluding carboxylic acids is 1. The van der Waals surface area contributed by atoms with Crippen LogP contribution in [0.1, 0.15) is 10.5 Å². The Morgan fingerprint density at radius 3 is 2.64 bits per heavy atom. The molecule has 3 aromatic rings. The molecular weight excluding hydrogens is 399 g/mol. The van der Waals surface area contributed by atoms with Crippen LogP contribution in [-0.4, -0.2) is 22.3 Å². The van der Waals surface area contributed by atoms with Gasteiger partial charge in [0.2, 0.25) is 0 Å². The molecule has 2 aromatic carbocycles. The lowest BCUT2D eigenvalue weighted by Gasteiger charge is -2.11. The SMILES string of the molecule is O=C(Nc1ccc(F)cc1OC(F)F)c1ccn(COc2ccc(Cl)cc2)n1. The smallest absolute Gasteiger partial charge is 0.387 e. The predicted octanol–water partition coefficient (Wildman–Crippen LogP) is 4.57. The van der Waals surface area contributed by atoms with E-state index in [1.807, 2.05) is 0 Å². The minimum Gasteiger partial charge on any atom is -0.471 e. The van der Waals surface area contributed by atoms with Crippen molar-refractivity contribution in [2.75, 3.05) is 5.32 Å². The highest BCUT2D eigenvalue weighted by Crippen LogP contribution is 2.27. The van der Waals surface area contributed by atoms with Gasteiger partial charge in [-0.3, -0.25) is 4.79 Å². The van der Waals surface area contributed by atoms with E-state index < -0.39 is 24.1 Å².